The summed E-state index contributed by atoms with van der Waals surface area (Å²) in [5.74, 6) is 0.356. The summed E-state index contributed by atoms with van der Waals surface area (Å²) >= 11 is 0. The Balaban J connectivity index is 2.52. The lowest BCUT2D eigenvalue weighted by Gasteiger charge is -2.16. The summed E-state index contributed by atoms with van der Waals surface area (Å²) < 4.78 is 39.8. The fourth-order valence-corrected chi connectivity index (χ4v) is 1.90. The van der Waals surface area contributed by atoms with Crippen LogP contribution in [0.25, 0.3) is 0 Å². The molecule has 0 amide bonds. The summed E-state index contributed by atoms with van der Waals surface area (Å²) in [5.41, 5.74) is 6.93. The van der Waals surface area contributed by atoms with Crippen LogP contribution < -0.4 is 10.5 Å². The smallest absolute Gasteiger partial charge is 0.406 e. The highest BCUT2D eigenvalue weighted by Gasteiger charge is 2.30. The summed E-state index contributed by atoms with van der Waals surface area (Å²) in [5, 5.41) is 0. The number of hydrogen-bond acceptors (Lipinski definition) is 2. The Morgan fingerprint density at radius 3 is 2.26 bits per heavy atom. The van der Waals surface area contributed by atoms with Gasteiger partial charge < -0.3 is 10.5 Å². The molecule has 0 heterocycles. The summed E-state index contributed by atoms with van der Waals surface area (Å²) in [6.45, 7) is 4.25. The molecule has 0 bridgehead atoms. The van der Waals surface area contributed by atoms with Crippen molar-refractivity contribution in [1.29, 1.82) is 0 Å². The molecular weight excluding hydrogens is 255 g/mol. The monoisotopic (exact) mass is 275 g/mol. The van der Waals surface area contributed by atoms with Gasteiger partial charge in [-0.1, -0.05) is 32.4 Å². The molecule has 0 aliphatic carbocycles. The van der Waals surface area contributed by atoms with Crippen LogP contribution in [0.15, 0.2) is 24.3 Å². The van der Waals surface area contributed by atoms with Crippen LogP contribution in [0.1, 0.15) is 32.3 Å². The SMILES string of the molecule is CCC(C)CC(N)Cc1ccc(OC(F)(F)F)cc1. The van der Waals surface area contributed by atoms with E-state index in [1.807, 2.05) is 0 Å². The summed E-state index contributed by atoms with van der Waals surface area (Å²) in [7, 11) is 0. The van der Waals surface area contributed by atoms with Crippen molar-refractivity contribution >= 4 is 0 Å². The summed E-state index contributed by atoms with van der Waals surface area (Å²) in [6.07, 6.45) is -1.99. The fraction of sp³-hybridized carbons (Fsp3) is 0.571. The molecule has 0 aliphatic rings. The molecule has 0 aliphatic heterocycles. The average Bonchev–Trinajstić information content (AvgIpc) is 2.29. The van der Waals surface area contributed by atoms with E-state index in [1.165, 1.54) is 12.1 Å². The van der Waals surface area contributed by atoms with E-state index in [4.69, 9.17) is 5.73 Å². The van der Waals surface area contributed by atoms with Gasteiger partial charge in [0.25, 0.3) is 0 Å². The standard InChI is InChI=1S/C14H20F3NO/c1-3-10(2)8-12(18)9-11-4-6-13(7-5-11)19-14(15,16)17/h4-7,10,12H,3,8-9,18H2,1-2H3. The van der Waals surface area contributed by atoms with E-state index >= 15 is 0 Å². The molecule has 19 heavy (non-hydrogen) atoms. The second kappa shape index (κ2) is 6.80. The van der Waals surface area contributed by atoms with Crippen LogP contribution in [0.4, 0.5) is 13.2 Å². The third-order valence-corrected chi connectivity index (χ3v) is 3.06. The van der Waals surface area contributed by atoms with Crippen LogP contribution in [0.5, 0.6) is 5.75 Å². The van der Waals surface area contributed by atoms with Gasteiger partial charge in [-0.25, -0.2) is 0 Å². The topological polar surface area (TPSA) is 35.2 Å². The zero-order valence-electron chi connectivity index (χ0n) is 11.2. The van der Waals surface area contributed by atoms with E-state index in [-0.39, 0.29) is 11.8 Å². The van der Waals surface area contributed by atoms with E-state index in [0.717, 1.165) is 18.4 Å². The van der Waals surface area contributed by atoms with Crippen molar-refractivity contribution in [2.75, 3.05) is 0 Å². The highest BCUT2D eigenvalue weighted by atomic mass is 19.4. The van der Waals surface area contributed by atoms with Gasteiger partial charge >= 0.3 is 6.36 Å². The first-order valence-corrected chi connectivity index (χ1v) is 6.40. The van der Waals surface area contributed by atoms with E-state index in [9.17, 15) is 13.2 Å². The quantitative estimate of drug-likeness (QED) is 0.854. The van der Waals surface area contributed by atoms with Gasteiger partial charge in [-0.2, -0.15) is 0 Å². The molecule has 5 heteroatoms. The molecule has 2 unspecified atom stereocenters. The van der Waals surface area contributed by atoms with Crippen molar-refractivity contribution in [2.24, 2.45) is 11.7 Å². The van der Waals surface area contributed by atoms with Gasteiger partial charge in [-0.15, -0.1) is 13.2 Å². The molecular formula is C14H20F3NO. The number of hydrogen-bond donors (Lipinski definition) is 1. The lowest BCUT2D eigenvalue weighted by Crippen LogP contribution is -2.25. The predicted octanol–water partition coefficient (Wildman–Crippen LogP) is 3.89. The van der Waals surface area contributed by atoms with Gasteiger partial charge in [-0.05, 0) is 36.5 Å². The minimum Gasteiger partial charge on any atom is -0.406 e. The number of ether oxygens (including phenoxy) is 1. The number of benzene rings is 1. The average molecular weight is 275 g/mol. The number of halogens is 3. The maximum atomic E-state index is 12.0. The Morgan fingerprint density at radius 2 is 1.79 bits per heavy atom. The molecule has 0 spiro atoms. The predicted molar refractivity (Wildman–Crippen MR) is 68.9 cm³/mol. The molecule has 1 aromatic rings. The lowest BCUT2D eigenvalue weighted by molar-refractivity contribution is -0.274. The third-order valence-electron chi connectivity index (χ3n) is 3.06. The summed E-state index contributed by atoms with van der Waals surface area (Å²) in [6, 6.07) is 5.91. The normalized spacial score (nSPS) is 15.1. The molecule has 0 saturated heterocycles. The molecule has 0 fully saturated rings. The van der Waals surface area contributed by atoms with Gasteiger partial charge in [0.2, 0.25) is 0 Å². The Morgan fingerprint density at radius 1 is 1.21 bits per heavy atom. The fourth-order valence-electron chi connectivity index (χ4n) is 1.90. The van der Waals surface area contributed by atoms with Crippen LogP contribution in [-0.2, 0) is 6.42 Å². The number of rotatable bonds is 6. The highest BCUT2D eigenvalue weighted by molar-refractivity contribution is 5.27. The second-order valence-corrected chi connectivity index (χ2v) is 4.91. The van der Waals surface area contributed by atoms with Crippen molar-refractivity contribution in [3.63, 3.8) is 0 Å². The Kier molecular flexibility index (Phi) is 5.66. The first-order chi connectivity index (χ1) is 8.80. The van der Waals surface area contributed by atoms with Crippen LogP contribution in [0, 0.1) is 5.92 Å². The zero-order valence-corrected chi connectivity index (χ0v) is 11.2. The van der Waals surface area contributed by atoms with Crippen LogP contribution in [-0.4, -0.2) is 12.4 Å². The van der Waals surface area contributed by atoms with Gasteiger partial charge in [0.15, 0.2) is 0 Å². The van der Waals surface area contributed by atoms with Gasteiger partial charge in [0, 0.05) is 6.04 Å². The second-order valence-electron chi connectivity index (χ2n) is 4.91. The molecule has 2 N–H and O–H groups in total. The maximum Gasteiger partial charge on any atom is 0.573 e. The zero-order chi connectivity index (χ0) is 14.5. The van der Waals surface area contributed by atoms with Crippen molar-refractivity contribution in [3.8, 4) is 5.75 Å². The van der Waals surface area contributed by atoms with Gasteiger partial charge in [-0.3, -0.25) is 0 Å². The molecule has 0 saturated carbocycles. The van der Waals surface area contributed by atoms with Crippen molar-refractivity contribution in [1.82, 2.24) is 0 Å². The molecule has 1 rings (SSSR count). The van der Waals surface area contributed by atoms with Crippen molar-refractivity contribution in [2.45, 2.75) is 45.5 Å². The largest absolute Gasteiger partial charge is 0.573 e. The van der Waals surface area contributed by atoms with Crippen molar-refractivity contribution < 1.29 is 17.9 Å². The van der Waals surface area contributed by atoms with Crippen molar-refractivity contribution in [3.05, 3.63) is 29.8 Å². The van der Waals surface area contributed by atoms with Crippen LogP contribution in [0.2, 0.25) is 0 Å². The first kappa shape index (κ1) is 15.8. The van der Waals surface area contributed by atoms with Crippen LogP contribution in [0.3, 0.4) is 0 Å². The molecule has 1 aromatic carbocycles. The third kappa shape index (κ3) is 6.47. The molecule has 0 aromatic heterocycles. The number of alkyl halides is 3. The van der Waals surface area contributed by atoms with E-state index in [0.29, 0.717) is 12.3 Å². The minimum atomic E-state index is -4.64. The Bertz CT molecular complexity index is 375. The van der Waals surface area contributed by atoms with E-state index < -0.39 is 6.36 Å². The Labute approximate surface area is 111 Å². The molecule has 108 valence electrons. The lowest BCUT2D eigenvalue weighted by atomic mass is 9.95. The molecule has 2 atom stereocenters. The first-order valence-electron chi connectivity index (χ1n) is 6.40. The van der Waals surface area contributed by atoms with Gasteiger partial charge in [0.1, 0.15) is 5.75 Å². The van der Waals surface area contributed by atoms with Gasteiger partial charge in [0.05, 0.1) is 0 Å². The number of nitrogens with two attached hydrogens (primary N) is 1. The van der Waals surface area contributed by atoms with E-state index in [1.54, 1.807) is 12.1 Å². The molecule has 2 nitrogen and oxygen atoms in total. The maximum absolute atomic E-state index is 12.0. The van der Waals surface area contributed by atoms with E-state index in [2.05, 4.69) is 18.6 Å². The summed E-state index contributed by atoms with van der Waals surface area (Å²) in [4.78, 5) is 0. The molecule has 0 radical (unpaired) electrons. The van der Waals surface area contributed by atoms with Crippen LogP contribution >= 0.6 is 0 Å². The highest BCUT2D eigenvalue weighted by Crippen LogP contribution is 2.23. The minimum absolute atomic E-state index is 0.0318. The Hall–Kier alpha value is -1.23.